The molecule has 0 fully saturated rings. The van der Waals surface area contributed by atoms with Gasteiger partial charge in [0.25, 0.3) is 0 Å². The van der Waals surface area contributed by atoms with Gasteiger partial charge in [-0.15, -0.1) is 0 Å². The Bertz CT molecular complexity index is 545. The van der Waals surface area contributed by atoms with Gasteiger partial charge in [0.15, 0.2) is 0 Å². The lowest BCUT2D eigenvalue weighted by molar-refractivity contribution is 0.311. The van der Waals surface area contributed by atoms with Crippen LogP contribution in [0.4, 0.5) is 5.82 Å². The molecule has 1 aromatic heterocycles. The lowest BCUT2D eigenvalue weighted by Gasteiger charge is -2.07. The number of benzene rings is 1. The normalized spacial score (nSPS) is 10.0. The van der Waals surface area contributed by atoms with E-state index in [0.717, 1.165) is 10.9 Å². The molecule has 80 valence electrons. The van der Waals surface area contributed by atoms with Crippen LogP contribution in [0.25, 0.3) is 10.9 Å². The van der Waals surface area contributed by atoms with Crippen molar-refractivity contribution in [1.29, 1.82) is 5.26 Å². The molecule has 2 N–H and O–H groups in total. The van der Waals surface area contributed by atoms with E-state index in [0.29, 0.717) is 17.9 Å². The number of fused-ring (bicyclic) bond motifs is 1. The minimum absolute atomic E-state index is 0.0133. The van der Waals surface area contributed by atoms with E-state index in [2.05, 4.69) is 16.4 Å². The largest absolute Gasteiger partial charge is 0.395 e. The first-order chi connectivity index (χ1) is 7.85. The van der Waals surface area contributed by atoms with Gasteiger partial charge in [-0.1, -0.05) is 18.2 Å². The number of hydrogen-bond acceptors (Lipinski definition) is 4. The molecule has 0 saturated heterocycles. The molecule has 1 heterocycles. The quantitative estimate of drug-likeness (QED) is 0.810. The monoisotopic (exact) mass is 213 g/mol. The van der Waals surface area contributed by atoms with Crippen LogP contribution in [0.2, 0.25) is 0 Å². The zero-order valence-electron chi connectivity index (χ0n) is 8.64. The Morgan fingerprint density at radius 3 is 2.94 bits per heavy atom. The van der Waals surface area contributed by atoms with Gasteiger partial charge >= 0.3 is 0 Å². The number of nitrogens with one attached hydrogen (secondary N) is 1. The SMILES string of the molecule is N#Cc1cc2ccccc2nc1NCCO. The summed E-state index contributed by atoms with van der Waals surface area (Å²) >= 11 is 0. The summed E-state index contributed by atoms with van der Waals surface area (Å²) in [5.41, 5.74) is 1.33. The molecule has 0 spiro atoms. The number of para-hydroxylation sites is 1. The number of nitriles is 1. The molecule has 0 aliphatic rings. The molecule has 2 rings (SSSR count). The van der Waals surface area contributed by atoms with Crippen LogP contribution >= 0.6 is 0 Å². The second kappa shape index (κ2) is 4.60. The highest BCUT2D eigenvalue weighted by Crippen LogP contribution is 2.19. The summed E-state index contributed by atoms with van der Waals surface area (Å²) in [4.78, 5) is 4.34. The number of aliphatic hydroxyl groups is 1. The Hall–Kier alpha value is -2.12. The molecule has 1 aromatic carbocycles. The Balaban J connectivity index is 2.50. The maximum absolute atomic E-state index is 8.98. The minimum atomic E-state index is 0.0133. The van der Waals surface area contributed by atoms with Gasteiger partial charge in [-0.05, 0) is 12.1 Å². The zero-order chi connectivity index (χ0) is 11.4. The third-order valence-corrected chi connectivity index (χ3v) is 2.25. The molecule has 0 radical (unpaired) electrons. The average molecular weight is 213 g/mol. The van der Waals surface area contributed by atoms with Crippen LogP contribution in [0.15, 0.2) is 30.3 Å². The summed E-state index contributed by atoms with van der Waals surface area (Å²) in [7, 11) is 0. The summed E-state index contributed by atoms with van der Waals surface area (Å²) in [6, 6.07) is 11.5. The van der Waals surface area contributed by atoms with Gasteiger partial charge in [0.1, 0.15) is 11.9 Å². The lowest BCUT2D eigenvalue weighted by atomic mass is 10.1. The number of anilines is 1. The van der Waals surface area contributed by atoms with Crippen molar-refractivity contribution in [3.05, 3.63) is 35.9 Å². The molecule has 0 atom stereocenters. The van der Waals surface area contributed by atoms with Crippen molar-refractivity contribution in [2.45, 2.75) is 0 Å². The number of nitrogens with zero attached hydrogens (tertiary/aromatic N) is 2. The van der Waals surface area contributed by atoms with Gasteiger partial charge < -0.3 is 10.4 Å². The first-order valence-electron chi connectivity index (χ1n) is 5.00. The predicted octanol–water partition coefficient (Wildman–Crippen LogP) is 1.51. The van der Waals surface area contributed by atoms with E-state index in [1.807, 2.05) is 24.3 Å². The molecule has 0 aliphatic heterocycles. The molecule has 4 nitrogen and oxygen atoms in total. The summed E-state index contributed by atoms with van der Waals surface area (Å²) in [5.74, 6) is 0.523. The van der Waals surface area contributed by atoms with Gasteiger partial charge in [-0.3, -0.25) is 0 Å². The number of aliphatic hydroxyl groups excluding tert-OH is 1. The molecule has 4 heteroatoms. The topological polar surface area (TPSA) is 68.9 Å². The molecule has 2 aromatic rings. The van der Waals surface area contributed by atoms with Crippen LogP contribution in [0.5, 0.6) is 0 Å². The maximum Gasteiger partial charge on any atom is 0.144 e. The summed E-state index contributed by atoms with van der Waals surface area (Å²) in [6.45, 7) is 0.402. The molecular weight excluding hydrogens is 202 g/mol. The minimum Gasteiger partial charge on any atom is -0.395 e. The molecule has 16 heavy (non-hydrogen) atoms. The van der Waals surface area contributed by atoms with E-state index in [1.165, 1.54) is 0 Å². The molecular formula is C12H11N3O. The Kier molecular flexibility index (Phi) is 2.99. The Labute approximate surface area is 93.2 Å². The van der Waals surface area contributed by atoms with Gasteiger partial charge in [0, 0.05) is 11.9 Å². The Morgan fingerprint density at radius 1 is 1.38 bits per heavy atom. The van der Waals surface area contributed by atoms with Crippen LogP contribution in [0, 0.1) is 11.3 Å². The van der Waals surface area contributed by atoms with E-state index in [1.54, 1.807) is 6.07 Å². The average Bonchev–Trinajstić information content (AvgIpc) is 2.35. The van der Waals surface area contributed by atoms with E-state index in [-0.39, 0.29) is 6.61 Å². The fourth-order valence-electron chi connectivity index (χ4n) is 1.51. The fraction of sp³-hybridized carbons (Fsp3) is 0.167. The van der Waals surface area contributed by atoms with Gasteiger partial charge in [0.05, 0.1) is 17.7 Å². The molecule has 0 saturated carbocycles. The van der Waals surface area contributed by atoms with Crippen molar-refractivity contribution < 1.29 is 5.11 Å². The standard InChI is InChI=1S/C12H11N3O/c13-8-10-7-9-3-1-2-4-11(9)15-12(10)14-5-6-16/h1-4,7,16H,5-6H2,(H,14,15). The van der Waals surface area contributed by atoms with Crippen molar-refractivity contribution in [3.63, 3.8) is 0 Å². The second-order valence-corrected chi connectivity index (χ2v) is 3.34. The third-order valence-electron chi connectivity index (χ3n) is 2.25. The molecule has 0 aliphatic carbocycles. The molecule has 0 bridgehead atoms. The van der Waals surface area contributed by atoms with Crippen LogP contribution in [0.3, 0.4) is 0 Å². The number of hydrogen-bond donors (Lipinski definition) is 2. The second-order valence-electron chi connectivity index (χ2n) is 3.34. The zero-order valence-corrected chi connectivity index (χ0v) is 8.64. The first-order valence-corrected chi connectivity index (χ1v) is 5.00. The molecule has 0 unspecified atom stereocenters. The van der Waals surface area contributed by atoms with Crippen molar-refractivity contribution in [2.24, 2.45) is 0 Å². The third kappa shape index (κ3) is 1.95. The number of rotatable bonds is 3. The van der Waals surface area contributed by atoms with E-state index in [4.69, 9.17) is 10.4 Å². The summed E-state index contributed by atoms with van der Waals surface area (Å²) in [6.07, 6.45) is 0. The van der Waals surface area contributed by atoms with Gasteiger partial charge in [0.2, 0.25) is 0 Å². The van der Waals surface area contributed by atoms with Crippen LogP contribution in [0.1, 0.15) is 5.56 Å². The van der Waals surface area contributed by atoms with Gasteiger partial charge in [-0.2, -0.15) is 5.26 Å². The smallest absolute Gasteiger partial charge is 0.144 e. The van der Waals surface area contributed by atoms with Crippen LogP contribution in [-0.4, -0.2) is 23.2 Å². The maximum atomic E-state index is 8.98. The van der Waals surface area contributed by atoms with Crippen molar-refractivity contribution >= 4 is 16.7 Å². The highest BCUT2D eigenvalue weighted by atomic mass is 16.3. The lowest BCUT2D eigenvalue weighted by Crippen LogP contribution is -2.08. The summed E-state index contributed by atoms with van der Waals surface area (Å²) in [5, 5.41) is 21.6. The van der Waals surface area contributed by atoms with Crippen LogP contribution in [-0.2, 0) is 0 Å². The number of aromatic nitrogens is 1. The predicted molar refractivity (Wildman–Crippen MR) is 62.0 cm³/mol. The Morgan fingerprint density at radius 2 is 2.19 bits per heavy atom. The van der Waals surface area contributed by atoms with E-state index >= 15 is 0 Å². The number of pyridine rings is 1. The van der Waals surface area contributed by atoms with E-state index < -0.39 is 0 Å². The van der Waals surface area contributed by atoms with Crippen molar-refractivity contribution in [1.82, 2.24) is 4.98 Å². The fourth-order valence-corrected chi connectivity index (χ4v) is 1.51. The highest BCUT2D eigenvalue weighted by molar-refractivity contribution is 5.82. The van der Waals surface area contributed by atoms with Crippen molar-refractivity contribution in [2.75, 3.05) is 18.5 Å². The van der Waals surface area contributed by atoms with E-state index in [9.17, 15) is 0 Å². The van der Waals surface area contributed by atoms with Crippen molar-refractivity contribution in [3.8, 4) is 6.07 Å². The van der Waals surface area contributed by atoms with Gasteiger partial charge in [-0.25, -0.2) is 4.98 Å². The summed E-state index contributed by atoms with van der Waals surface area (Å²) < 4.78 is 0. The highest BCUT2D eigenvalue weighted by Gasteiger charge is 2.05. The molecule has 0 amide bonds. The first kappa shape index (κ1) is 10.4. The van der Waals surface area contributed by atoms with Crippen LogP contribution < -0.4 is 5.32 Å².